The van der Waals surface area contributed by atoms with Gasteiger partial charge in [-0.3, -0.25) is 4.79 Å². The maximum Gasteiger partial charge on any atom is 0.226 e. The van der Waals surface area contributed by atoms with Crippen molar-refractivity contribution in [1.82, 2.24) is 25.5 Å². The van der Waals surface area contributed by atoms with E-state index in [1.807, 2.05) is 88.4 Å². The molecule has 0 fully saturated rings. The van der Waals surface area contributed by atoms with Crippen LogP contribution in [0.2, 0.25) is 0 Å². The fraction of sp³-hybridized carbons (Fsp3) is 0.391. The van der Waals surface area contributed by atoms with Crippen molar-refractivity contribution < 1.29 is 9.53 Å². The molecule has 0 saturated carbocycles. The largest absolute Gasteiger partial charge is 0.374 e. The van der Waals surface area contributed by atoms with Gasteiger partial charge in [0.25, 0.3) is 0 Å². The summed E-state index contributed by atoms with van der Waals surface area (Å²) >= 11 is 0. The number of hydrogen-bond acceptors (Lipinski definition) is 5. The Morgan fingerprint density at radius 3 is 2.33 bits per heavy atom. The van der Waals surface area contributed by atoms with Gasteiger partial charge in [-0.2, -0.15) is 0 Å². The smallest absolute Gasteiger partial charge is 0.226 e. The van der Waals surface area contributed by atoms with Crippen molar-refractivity contribution in [2.75, 3.05) is 6.61 Å². The van der Waals surface area contributed by atoms with Crippen molar-refractivity contribution in [3.8, 4) is 0 Å². The monoisotopic (exact) mass is 407 g/mol. The van der Waals surface area contributed by atoms with Crippen LogP contribution in [0.25, 0.3) is 0 Å². The standard InChI is InChI=1S/C23H29N5O2/c1-17(19-13-9-6-10-14-19)28-21(25-26-27-28)20(24-22(29)23(2,3)4)16-30-15-18-11-7-5-8-12-18/h5-14,17,20H,15-16H2,1-4H3,(H,24,29)/t17?,20-/m1/s1. The Labute approximate surface area is 177 Å². The van der Waals surface area contributed by atoms with Gasteiger partial charge in [-0.1, -0.05) is 81.4 Å². The first-order valence-corrected chi connectivity index (χ1v) is 10.1. The van der Waals surface area contributed by atoms with Crippen LogP contribution in [0.4, 0.5) is 0 Å². The highest BCUT2D eigenvalue weighted by Gasteiger charge is 2.29. The molecule has 0 radical (unpaired) electrons. The average molecular weight is 408 g/mol. The van der Waals surface area contributed by atoms with Gasteiger partial charge in [-0.25, -0.2) is 4.68 Å². The number of carbonyl (C=O) groups is 1. The fourth-order valence-corrected chi connectivity index (χ4v) is 3.00. The van der Waals surface area contributed by atoms with E-state index in [-0.39, 0.29) is 18.6 Å². The van der Waals surface area contributed by atoms with Crippen LogP contribution in [-0.2, 0) is 16.1 Å². The van der Waals surface area contributed by atoms with Gasteiger partial charge in [0.1, 0.15) is 6.04 Å². The highest BCUT2D eigenvalue weighted by atomic mass is 16.5. The van der Waals surface area contributed by atoms with Gasteiger partial charge in [0, 0.05) is 5.41 Å². The minimum atomic E-state index is -0.541. The van der Waals surface area contributed by atoms with E-state index in [2.05, 4.69) is 20.8 Å². The summed E-state index contributed by atoms with van der Waals surface area (Å²) < 4.78 is 7.68. The predicted octanol–water partition coefficient (Wildman–Crippen LogP) is 3.70. The molecule has 1 N–H and O–H groups in total. The minimum Gasteiger partial charge on any atom is -0.374 e. The van der Waals surface area contributed by atoms with E-state index in [1.165, 1.54) is 0 Å². The summed E-state index contributed by atoms with van der Waals surface area (Å²) in [5.74, 6) is 0.481. The van der Waals surface area contributed by atoms with Crippen molar-refractivity contribution in [1.29, 1.82) is 0 Å². The topological polar surface area (TPSA) is 81.9 Å². The molecular weight excluding hydrogens is 378 g/mol. The van der Waals surface area contributed by atoms with Crippen LogP contribution in [0, 0.1) is 5.41 Å². The van der Waals surface area contributed by atoms with E-state index in [0.29, 0.717) is 12.4 Å². The van der Waals surface area contributed by atoms with E-state index in [9.17, 15) is 4.79 Å². The molecule has 0 aliphatic rings. The maximum atomic E-state index is 12.7. The quantitative estimate of drug-likeness (QED) is 0.616. The van der Waals surface area contributed by atoms with Gasteiger partial charge in [-0.05, 0) is 28.5 Å². The second-order valence-electron chi connectivity index (χ2n) is 8.35. The lowest BCUT2D eigenvalue weighted by Crippen LogP contribution is -2.40. The first kappa shape index (κ1) is 21.6. The molecule has 0 saturated heterocycles. The number of amides is 1. The molecule has 1 amide bonds. The zero-order chi connectivity index (χ0) is 21.6. The third-order valence-corrected chi connectivity index (χ3v) is 4.86. The number of rotatable bonds is 8. The third kappa shape index (κ3) is 5.51. The molecule has 2 atom stereocenters. The van der Waals surface area contributed by atoms with Crippen LogP contribution < -0.4 is 5.32 Å². The Morgan fingerprint density at radius 1 is 1.07 bits per heavy atom. The highest BCUT2D eigenvalue weighted by molar-refractivity contribution is 5.81. The molecule has 7 heteroatoms. The Balaban J connectivity index is 1.81. The summed E-state index contributed by atoms with van der Waals surface area (Å²) in [6, 6.07) is 19.4. The first-order chi connectivity index (χ1) is 14.4. The molecule has 3 rings (SSSR count). The predicted molar refractivity (Wildman–Crippen MR) is 115 cm³/mol. The van der Waals surface area contributed by atoms with Crippen molar-refractivity contribution in [2.24, 2.45) is 5.41 Å². The highest BCUT2D eigenvalue weighted by Crippen LogP contribution is 2.22. The summed E-state index contributed by atoms with van der Waals surface area (Å²) in [5, 5.41) is 15.4. The van der Waals surface area contributed by atoms with Crippen molar-refractivity contribution in [3.63, 3.8) is 0 Å². The van der Waals surface area contributed by atoms with Gasteiger partial charge < -0.3 is 10.1 Å². The molecule has 3 aromatic rings. The molecule has 158 valence electrons. The first-order valence-electron chi connectivity index (χ1n) is 10.1. The van der Waals surface area contributed by atoms with Crippen molar-refractivity contribution in [2.45, 2.75) is 46.4 Å². The normalized spacial score (nSPS) is 13.6. The van der Waals surface area contributed by atoms with Crippen LogP contribution in [0.15, 0.2) is 60.7 Å². The number of carbonyl (C=O) groups excluding carboxylic acids is 1. The molecule has 1 aromatic heterocycles. The number of aromatic nitrogens is 4. The summed E-state index contributed by atoms with van der Waals surface area (Å²) in [6.07, 6.45) is 0. The Hall–Kier alpha value is -3.06. The van der Waals surface area contributed by atoms with Crippen molar-refractivity contribution in [3.05, 3.63) is 77.6 Å². The van der Waals surface area contributed by atoms with E-state index in [0.717, 1.165) is 11.1 Å². The summed E-state index contributed by atoms with van der Waals surface area (Å²) in [7, 11) is 0. The van der Waals surface area contributed by atoms with E-state index in [4.69, 9.17) is 4.74 Å². The van der Waals surface area contributed by atoms with Crippen LogP contribution in [0.1, 0.15) is 56.7 Å². The number of hydrogen-bond donors (Lipinski definition) is 1. The molecule has 0 bridgehead atoms. The Bertz CT molecular complexity index is 935. The average Bonchev–Trinajstić information content (AvgIpc) is 3.23. The van der Waals surface area contributed by atoms with E-state index < -0.39 is 11.5 Å². The molecule has 30 heavy (non-hydrogen) atoms. The number of ether oxygens (including phenoxy) is 1. The lowest BCUT2D eigenvalue weighted by molar-refractivity contribution is -0.130. The number of tetrazole rings is 1. The molecular formula is C23H29N5O2. The zero-order valence-corrected chi connectivity index (χ0v) is 17.9. The van der Waals surface area contributed by atoms with E-state index in [1.54, 1.807) is 4.68 Å². The lowest BCUT2D eigenvalue weighted by Gasteiger charge is -2.25. The summed E-state index contributed by atoms with van der Waals surface area (Å²) in [4.78, 5) is 12.7. The fourth-order valence-electron chi connectivity index (χ4n) is 3.00. The Morgan fingerprint density at radius 2 is 1.70 bits per heavy atom. The second-order valence-corrected chi connectivity index (χ2v) is 8.35. The van der Waals surface area contributed by atoms with Crippen LogP contribution >= 0.6 is 0 Å². The maximum absolute atomic E-state index is 12.7. The third-order valence-electron chi connectivity index (χ3n) is 4.86. The van der Waals surface area contributed by atoms with E-state index >= 15 is 0 Å². The lowest BCUT2D eigenvalue weighted by atomic mass is 9.95. The van der Waals surface area contributed by atoms with Crippen LogP contribution in [-0.4, -0.2) is 32.7 Å². The number of benzene rings is 2. The van der Waals surface area contributed by atoms with Gasteiger partial charge in [0.2, 0.25) is 5.91 Å². The number of nitrogens with one attached hydrogen (secondary N) is 1. The zero-order valence-electron chi connectivity index (χ0n) is 17.9. The summed E-state index contributed by atoms with van der Waals surface area (Å²) in [6.45, 7) is 8.36. The SMILES string of the molecule is CC(c1ccccc1)n1nnnc1[C@@H](COCc1ccccc1)NC(=O)C(C)(C)C. The van der Waals surface area contributed by atoms with Crippen LogP contribution in [0.3, 0.4) is 0 Å². The van der Waals surface area contributed by atoms with Crippen LogP contribution in [0.5, 0.6) is 0 Å². The molecule has 7 nitrogen and oxygen atoms in total. The van der Waals surface area contributed by atoms with Crippen molar-refractivity contribution >= 4 is 5.91 Å². The summed E-state index contributed by atoms with van der Waals surface area (Å²) in [5.41, 5.74) is 1.61. The van der Waals surface area contributed by atoms with Gasteiger partial charge in [-0.15, -0.1) is 5.10 Å². The molecule has 0 aliphatic heterocycles. The molecule has 0 aliphatic carbocycles. The molecule has 1 unspecified atom stereocenters. The Kier molecular flexibility index (Phi) is 6.95. The van der Waals surface area contributed by atoms with Gasteiger partial charge in [0.05, 0.1) is 19.3 Å². The van der Waals surface area contributed by atoms with Gasteiger partial charge >= 0.3 is 0 Å². The molecule has 0 spiro atoms. The minimum absolute atomic E-state index is 0.0839. The molecule has 1 heterocycles. The second kappa shape index (κ2) is 9.63. The molecule has 2 aromatic carbocycles. The van der Waals surface area contributed by atoms with Gasteiger partial charge in [0.15, 0.2) is 5.82 Å². The number of nitrogens with zero attached hydrogens (tertiary/aromatic N) is 4.